The zero-order chi connectivity index (χ0) is 26.1. The third-order valence-corrected chi connectivity index (χ3v) is 5.99. The number of nitrogens with two attached hydrogens (primary N) is 1. The van der Waals surface area contributed by atoms with E-state index in [0.717, 1.165) is 11.1 Å². The van der Waals surface area contributed by atoms with E-state index in [1.54, 1.807) is 27.8 Å². The highest BCUT2D eigenvalue weighted by Crippen LogP contribution is 2.34. The molecule has 0 saturated heterocycles. The van der Waals surface area contributed by atoms with Crippen molar-refractivity contribution in [1.29, 1.82) is 0 Å². The molecule has 1 unspecified atom stereocenters. The van der Waals surface area contributed by atoms with Gasteiger partial charge in [-0.15, -0.1) is 0 Å². The fourth-order valence-corrected chi connectivity index (χ4v) is 3.89. The second-order valence-electron chi connectivity index (χ2n) is 9.76. The zero-order valence-electron chi connectivity index (χ0n) is 21.3. The third-order valence-electron chi connectivity index (χ3n) is 5.99. The number of ether oxygens (including phenoxy) is 2. The molecule has 0 fully saturated rings. The molecule has 8 nitrogen and oxygen atoms in total. The number of rotatable bonds is 10. The summed E-state index contributed by atoms with van der Waals surface area (Å²) in [6.07, 6.45) is -0.382. The van der Waals surface area contributed by atoms with E-state index in [9.17, 15) is 14.4 Å². The normalized spacial score (nSPS) is 14.8. The standard InChI is InChI=1S/C27H37N3O5/c1-20(22-15-10-7-11-16-22)30(5,26(33)35-27(2,3)4)23(24(28)31)17-12-18-29-25(32)34-19-21-13-8-6-9-14-21/h6-11,13-16,20,23H,12,17-19H2,1-5H3,(H2-,28,29,31,32)/p+1/t20?,23-,30+/m0/s1. The highest BCUT2D eigenvalue weighted by Gasteiger charge is 2.50. The number of amides is 3. The van der Waals surface area contributed by atoms with Crippen LogP contribution in [0, 0.1) is 0 Å². The molecular formula is C27H38N3O5+. The Bertz CT molecular complexity index is 975. The molecule has 0 aliphatic rings. The Kier molecular flexibility index (Phi) is 9.83. The highest BCUT2D eigenvalue weighted by molar-refractivity contribution is 5.81. The van der Waals surface area contributed by atoms with Crippen molar-refractivity contribution in [2.24, 2.45) is 5.73 Å². The van der Waals surface area contributed by atoms with Crippen LogP contribution in [0.1, 0.15) is 57.7 Å². The van der Waals surface area contributed by atoms with Crippen LogP contribution in [0.25, 0.3) is 0 Å². The number of carbonyl (C=O) groups excluding carboxylic acids is 3. The van der Waals surface area contributed by atoms with E-state index in [2.05, 4.69) is 5.32 Å². The van der Waals surface area contributed by atoms with Gasteiger partial charge in [0.1, 0.15) is 18.2 Å². The molecule has 2 aromatic carbocycles. The molecule has 0 saturated carbocycles. The average molecular weight is 485 g/mol. The van der Waals surface area contributed by atoms with Crippen LogP contribution in [0.5, 0.6) is 0 Å². The van der Waals surface area contributed by atoms with Crippen molar-refractivity contribution in [3.8, 4) is 0 Å². The van der Waals surface area contributed by atoms with Gasteiger partial charge >= 0.3 is 12.2 Å². The van der Waals surface area contributed by atoms with Crippen molar-refractivity contribution in [1.82, 2.24) is 5.32 Å². The minimum absolute atomic E-state index is 0.165. The molecule has 3 amide bonds. The lowest BCUT2D eigenvalue weighted by atomic mass is 9.99. The summed E-state index contributed by atoms with van der Waals surface area (Å²) in [5.74, 6) is -0.604. The van der Waals surface area contributed by atoms with Gasteiger partial charge in [0.15, 0.2) is 6.04 Å². The van der Waals surface area contributed by atoms with Crippen molar-refractivity contribution >= 4 is 18.1 Å². The predicted molar refractivity (Wildman–Crippen MR) is 134 cm³/mol. The highest BCUT2D eigenvalue weighted by atomic mass is 16.6. The molecule has 0 aromatic heterocycles. The lowest BCUT2D eigenvalue weighted by Crippen LogP contribution is -2.63. The Morgan fingerprint density at radius 2 is 1.57 bits per heavy atom. The van der Waals surface area contributed by atoms with Gasteiger partial charge in [0.05, 0.1) is 7.05 Å². The van der Waals surface area contributed by atoms with Crippen LogP contribution in [0.15, 0.2) is 60.7 Å². The summed E-state index contributed by atoms with van der Waals surface area (Å²) in [7, 11) is 1.68. The Morgan fingerprint density at radius 1 is 1.00 bits per heavy atom. The monoisotopic (exact) mass is 484 g/mol. The molecule has 0 heterocycles. The van der Waals surface area contributed by atoms with Crippen LogP contribution in [-0.4, -0.2) is 47.8 Å². The van der Waals surface area contributed by atoms with Crippen molar-refractivity contribution in [2.75, 3.05) is 13.6 Å². The molecule has 0 spiro atoms. The number of likely N-dealkylation sites (N-methyl/N-ethyl adjacent to an activating group) is 1. The van der Waals surface area contributed by atoms with Gasteiger partial charge in [-0.2, -0.15) is 4.79 Å². The van der Waals surface area contributed by atoms with Gasteiger partial charge in [-0.3, -0.25) is 4.79 Å². The van der Waals surface area contributed by atoms with E-state index >= 15 is 0 Å². The summed E-state index contributed by atoms with van der Waals surface area (Å²) in [5, 5.41) is 2.69. The lowest BCUT2D eigenvalue weighted by Gasteiger charge is -2.42. The minimum Gasteiger partial charge on any atom is -0.445 e. The van der Waals surface area contributed by atoms with E-state index in [0.29, 0.717) is 6.42 Å². The van der Waals surface area contributed by atoms with Crippen molar-refractivity contribution < 1.29 is 28.3 Å². The van der Waals surface area contributed by atoms with Gasteiger partial charge in [0, 0.05) is 18.5 Å². The molecular weight excluding hydrogens is 446 g/mol. The summed E-state index contributed by atoms with van der Waals surface area (Å²) in [4.78, 5) is 38.1. The fraction of sp³-hybridized carbons (Fsp3) is 0.444. The summed E-state index contributed by atoms with van der Waals surface area (Å²) in [6.45, 7) is 7.67. The van der Waals surface area contributed by atoms with Gasteiger partial charge < -0.3 is 20.5 Å². The molecule has 35 heavy (non-hydrogen) atoms. The summed E-state index contributed by atoms with van der Waals surface area (Å²) >= 11 is 0. The topological polar surface area (TPSA) is 108 Å². The maximum Gasteiger partial charge on any atom is 0.517 e. The molecule has 2 rings (SSSR count). The zero-order valence-corrected chi connectivity index (χ0v) is 21.3. The van der Waals surface area contributed by atoms with Crippen LogP contribution >= 0.6 is 0 Å². The summed E-state index contributed by atoms with van der Waals surface area (Å²) in [5.41, 5.74) is 6.85. The maximum absolute atomic E-state index is 13.5. The number of carbonyl (C=O) groups is 3. The van der Waals surface area contributed by atoms with E-state index < -0.39 is 35.8 Å². The largest absolute Gasteiger partial charge is 0.517 e. The molecule has 0 aliphatic heterocycles. The number of primary amides is 1. The second kappa shape index (κ2) is 12.4. The van der Waals surface area contributed by atoms with E-state index in [1.807, 2.05) is 67.6 Å². The third kappa shape index (κ3) is 8.10. The van der Waals surface area contributed by atoms with Gasteiger partial charge in [0.2, 0.25) is 0 Å². The smallest absolute Gasteiger partial charge is 0.445 e. The number of quaternary nitrogens is 1. The van der Waals surface area contributed by atoms with E-state index in [-0.39, 0.29) is 24.1 Å². The van der Waals surface area contributed by atoms with Crippen LogP contribution in [0.2, 0.25) is 0 Å². The molecule has 3 atom stereocenters. The average Bonchev–Trinajstić information content (AvgIpc) is 2.81. The number of nitrogens with one attached hydrogen (secondary N) is 1. The van der Waals surface area contributed by atoms with Crippen LogP contribution in [0.4, 0.5) is 9.59 Å². The lowest BCUT2D eigenvalue weighted by molar-refractivity contribution is -0.884. The Labute approximate surface area is 208 Å². The van der Waals surface area contributed by atoms with Gasteiger partial charge in [-0.05, 0) is 39.7 Å². The van der Waals surface area contributed by atoms with E-state index in [4.69, 9.17) is 15.2 Å². The first-order chi connectivity index (χ1) is 16.4. The van der Waals surface area contributed by atoms with Crippen LogP contribution in [-0.2, 0) is 20.9 Å². The van der Waals surface area contributed by atoms with Crippen molar-refractivity contribution in [2.45, 2.75) is 64.8 Å². The first-order valence-corrected chi connectivity index (χ1v) is 11.8. The van der Waals surface area contributed by atoms with Crippen LogP contribution in [0.3, 0.4) is 0 Å². The molecule has 0 aliphatic carbocycles. The van der Waals surface area contributed by atoms with Crippen molar-refractivity contribution in [3.05, 3.63) is 71.8 Å². The quantitative estimate of drug-likeness (QED) is 0.376. The van der Waals surface area contributed by atoms with Crippen molar-refractivity contribution in [3.63, 3.8) is 0 Å². The summed E-state index contributed by atoms with van der Waals surface area (Å²) < 4.78 is 10.6. The minimum atomic E-state index is -0.859. The number of hydrogen-bond donors (Lipinski definition) is 2. The predicted octanol–water partition coefficient (Wildman–Crippen LogP) is 4.69. The van der Waals surface area contributed by atoms with Gasteiger partial charge in [-0.25, -0.2) is 9.28 Å². The number of benzene rings is 2. The number of nitrogens with zero attached hydrogens (tertiary/aromatic N) is 1. The second-order valence-corrected chi connectivity index (χ2v) is 9.76. The maximum atomic E-state index is 13.5. The molecule has 0 bridgehead atoms. The van der Waals surface area contributed by atoms with Gasteiger partial charge in [0.25, 0.3) is 5.91 Å². The SMILES string of the molecule is CC(c1ccccc1)[N@@+](C)(C(=O)OC(C)(C)C)[C@@H](CCCNC(=O)OCc1ccccc1)C(N)=O. The Morgan fingerprint density at radius 3 is 2.11 bits per heavy atom. The van der Waals surface area contributed by atoms with Gasteiger partial charge in [-0.1, -0.05) is 60.7 Å². The van der Waals surface area contributed by atoms with E-state index in [1.165, 1.54) is 0 Å². The van der Waals surface area contributed by atoms with Crippen LogP contribution < -0.4 is 11.1 Å². The first kappa shape index (κ1) is 27.9. The molecule has 2 aromatic rings. The summed E-state index contributed by atoms with van der Waals surface area (Å²) in [6, 6.07) is 17.6. The Hall–Kier alpha value is -3.39. The molecule has 0 radical (unpaired) electrons. The Balaban J connectivity index is 2.09. The first-order valence-electron chi connectivity index (χ1n) is 11.8. The number of alkyl carbamates (subject to hydrolysis) is 1. The molecule has 190 valence electrons. The number of hydrogen-bond acceptors (Lipinski definition) is 5. The molecule has 3 N–H and O–H groups in total. The molecule has 8 heteroatoms. The fourth-order valence-electron chi connectivity index (χ4n) is 3.89.